The molecule has 17 heavy (non-hydrogen) atoms. The van der Waals surface area contributed by atoms with Crippen LogP contribution in [0.15, 0.2) is 4.99 Å². The highest BCUT2D eigenvalue weighted by Crippen LogP contribution is 2.17. The van der Waals surface area contributed by atoms with Crippen LogP contribution in [0.5, 0.6) is 0 Å². The van der Waals surface area contributed by atoms with Crippen molar-refractivity contribution in [1.82, 2.24) is 10.7 Å². The molecule has 0 spiro atoms. The van der Waals surface area contributed by atoms with E-state index in [1.807, 2.05) is 0 Å². The summed E-state index contributed by atoms with van der Waals surface area (Å²) in [5.74, 6) is 6.12. The number of aliphatic imine (C=N–C) groups is 1. The first-order valence-corrected chi connectivity index (χ1v) is 6.72. The summed E-state index contributed by atoms with van der Waals surface area (Å²) in [6, 6.07) is 0.533. The van der Waals surface area contributed by atoms with Crippen LogP contribution in [0.25, 0.3) is 0 Å². The molecular weight excluding hydrogens is 216 g/mol. The van der Waals surface area contributed by atoms with Crippen LogP contribution in [0.1, 0.15) is 45.4 Å². The summed E-state index contributed by atoms with van der Waals surface area (Å²) in [5.41, 5.74) is 2.61. The molecule has 1 fully saturated rings. The highest BCUT2D eigenvalue weighted by atomic mass is 16.5. The lowest BCUT2D eigenvalue weighted by molar-refractivity contribution is 0.139. The highest BCUT2D eigenvalue weighted by molar-refractivity contribution is 5.79. The minimum atomic E-state index is 0.533. The molecule has 4 N–H and O–H groups in total. The first kappa shape index (κ1) is 14.3. The van der Waals surface area contributed by atoms with Crippen LogP contribution < -0.4 is 16.6 Å². The zero-order valence-electron chi connectivity index (χ0n) is 10.9. The van der Waals surface area contributed by atoms with Gasteiger partial charge in [-0.2, -0.15) is 0 Å². The van der Waals surface area contributed by atoms with E-state index in [9.17, 15) is 0 Å². The molecule has 5 heteroatoms. The van der Waals surface area contributed by atoms with Crippen molar-refractivity contribution in [2.75, 3.05) is 19.8 Å². The van der Waals surface area contributed by atoms with Crippen molar-refractivity contribution >= 4 is 5.96 Å². The SMILES string of the molecule is CCCCOCCN=C(NN)NC1CCCC1. The summed E-state index contributed by atoms with van der Waals surface area (Å²) in [5, 5.41) is 3.33. The zero-order chi connectivity index (χ0) is 12.3. The van der Waals surface area contributed by atoms with Crippen molar-refractivity contribution in [2.45, 2.75) is 51.5 Å². The van der Waals surface area contributed by atoms with Gasteiger partial charge in [-0.1, -0.05) is 26.2 Å². The van der Waals surface area contributed by atoms with E-state index in [0.29, 0.717) is 25.2 Å². The molecule has 0 saturated heterocycles. The fourth-order valence-electron chi connectivity index (χ4n) is 1.97. The molecule has 0 heterocycles. The number of ether oxygens (including phenoxy) is 1. The lowest BCUT2D eigenvalue weighted by Crippen LogP contribution is -2.45. The molecule has 0 aliphatic heterocycles. The lowest BCUT2D eigenvalue weighted by Gasteiger charge is -2.14. The van der Waals surface area contributed by atoms with Crippen molar-refractivity contribution < 1.29 is 4.74 Å². The second-order valence-electron chi connectivity index (χ2n) is 4.47. The van der Waals surface area contributed by atoms with E-state index in [4.69, 9.17) is 10.6 Å². The Morgan fingerprint density at radius 2 is 2.12 bits per heavy atom. The fourth-order valence-corrected chi connectivity index (χ4v) is 1.97. The van der Waals surface area contributed by atoms with E-state index in [-0.39, 0.29) is 0 Å². The van der Waals surface area contributed by atoms with Gasteiger partial charge in [0, 0.05) is 12.6 Å². The average Bonchev–Trinajstić information content (AvgIpc) is 2.85. The van der Waals surface area contributed by atoms with Crippen LogP contribution in [-0.4, -0.2) is 31.8 Å². The first-order valence-electron chi connectivity index (χ1n) is 6.72. The van der Waals surface area contributed by atoms with Gasteiger partial charge >= 0.3 is 0 Å². The molecule has 1 aliphatic carbocycles. The van der Waals surface area contributed by atoms with Gasteiger partial charge in [0.2, 0.25) is 5.96 Å². The smallest absolute Gasteiger partial charge is 0.206 e. The number of guanidine groups is 1. The van der Waals surface area contributed by atoms with Gasteiger partial charge in [0.15, 0.2) is 0 Å². The molecule has 0 atom stereocenters. The van der Waals surface area contributed by atoms with Crippen molar-refractivity contribution in [3.63, 3.8) is 0 Å². The van der Waals surface area contributed by atoms with Crippen LogP contribution in [0.3, 0.4) is 0 Å². The molecule has 1 rings (SSSR count). The topological polar surface area (TPSA) is 71.7 Å². The Bertz CT molecular complexity index is 215. The van der Waals surface area contributed by atoms with E-state index >= 15 is 0 Å². The van der Waals surface area contributed by atoms with Crippen molar-refractivity contribution in [3.8, 4) is 0 Å². The number of hydrogen-bond acceptors (Lipinski definition) is 3. The zero-order valence-corrected chi connectivity index (χ0v) is 10.9. The van der Waals surface area contributed by atoms with Crippen LogP contribution in [-0.2, 0) is 4.74 Å². The Morgan fingerprint density at radius 3 is 2.76 bits per heavy atom. The van der Waals surface area contributed by atoms with Gasteiger partial charge in [0.25, 0.3) is 0 Å². The largest absolute Gasteiger partial charge is 0.380 e. The van der Waals surface area contributed by atoms with Crippen LogP contribution in [0.2, 0.25) is 0 Å². The number of nitrogens with two attached hydrogens (primary N) is 1. The lowest BCUT2D eigenvalue weighted by atomic mass is 10.2. The van der Waals surface area contributed by atoms with Gasteiger partial charge in [-0.25, -0.2) is 10.8 Å². The minimum Gasteiger partial charge on any atom is -0.380 e. The van der Waals surface area contributed by atoms with Crippen LogP contribution in [0.4, 0.5) is 0 Å². The Morgan fingerprint density at radius 1 is 1.35 bits per heavy atom. The molecule has 100 valence electrons. The van der Waals surface area contributed by atoms with E-state index in [0.717, 1.165) is 13.0 Å². The summed E-state index contributed by atoms with van der Waals surface area (Å²) < 4.78 is 5.44. The molecule has 0 unspecified atom stereocenters. The maximum absolute atomic E-state index is 5.44. The second kappa shape index (κ2) is 9.24. The summed E-state index contributed by atoms with van der Waals surface area (Å²) in [7, 11) is 0. The third kappa shape index (κ3) is 6.48. The van der Waals surface area contributed by atoms with Crippen LogP contribution in [0, 0.1) is 0 Å². The number of hydrogen-bond donors (Lipinski definition) is 3. The Labute approximate surface area is 104 Å². The quantitative estimate of drug-likeness (QED) is 0.206. The summed E-state index contributed by atoms with van der Waals surface area (Å²) in [4.78, 5) is 4.35. The fraction of sp³-hybridized carbons (Fsp3) is 0.917. The first-order chi connectivity index (χ1) is 8.36. The molecule has 0 aromatic carbocycles. The third-order valence-corrected chi connectivity index (χ3v) is 2.98. The monoisotopic (exact) mass is 242 g/mol. The average molecular weight is 242 g/mol. The minimum absolute atomic E-state index is 0.533. The molecular formula is C12H26N4O. The van der Waals surface area contributed by atoms with Gasteiger partial charge < -0.3 is 10.1 Å². The molecule has 1 saturated carbocycles. The summed E-state index contributed by atoms with van der Waals surface area (Å²) in [6.07, 6.45) is 7.32. The molecule has 0 bridgehead atoms. The van der Waals surface area contributed by atoms with E-state index < -0.39 is 0 Å². The van der Waals surface area contributed by atoms with Crippen molar-refractivity contribution in [3.05, 3.63) is 0 Å². The summed E-state index contributed by atoms with van der Waals surface area (Å²) >= 11 is 0. The molecule has 0 aromatic heterocycles. The van der Waals surface area contributed by atoms with Gasteiger partial charge in [0.1, 0.15) is 0 Å². The Kier molecular flexibility index (Phi) is 7.75. The number of nitrogens with zero attached hydrogens (tertiary/aromatic N) is 1. The number of unbranched alkanes of at least 4 members (excludes halogenated alkanes) is 1. The summed E-state index contributed by atoms with van der Waals surface area (Å²) in [6.45, 7) is 4.30. The van der Waals surface area contributed by atoms with Gasteiger partial charge in [0.05, 0.1) is 13.2 Å². The van der Waals surface area contributed by atoms with E-state index in [1.165, 1.54) is 32.1 Å². The number of nitrogens with one attached hydrogen (secondary N) is 2. The third-order valence-electron chi connectivity index (χ3n) is 2.98. The molecule has 0 amide bonds. The van der Waals surface area contributed by atoms with E-state index in [1.54, 1.807) is 0 Å². The second-order valence-corrected chi connectivity index (χ2v) is 4.47. The van der Waals surface area contributed by atoms with Crippen molar-refractivity contribution in [2.24, 2.45) is 10.8 Å². The number of hydrazine groups is 1. The normalized spacial score (nSPS) is 17.4. The number of rotatable bonds is 7. The molecule has 1 aliphatic rings. The Hall–Kier alpha value is -0.810. The maximum atomic E-state index is 5.44. The predicted molar refractivity (Wildman–Crippen MR) is 70.7 cm³/mol. The predicted octanol–water partition coefficient (Wildman–Crippen LogP) is 1.15. The van der Waals surface area contributed by atoms with Gasteiger partial charge in [-0.15, -0.1) is 0 Å². The molecule has 0 radical (unpaired) electrons. The van der Waals surface area contributed by atoms with Gasteiger partial charge in [-0.3, -0.25) is 5.43 Å². The highest BCUT2D eigenvalue weighted by Gasteiger charge is 2.15. The van der Waals surface area contributed by atoms with Crippen LogP contribution >= 0.6 is 0 Å². The van der Waals surface area contributed by atoms with E-state index in [2.05, 4.69) is 22.7 Å². The molecule has 0 aromatic rings. The maximum Gasteiger partial charge on any atom is 0.206 e. The van der Waals surface area contributed by atoms with Gasteiger partial charge in [-0.05, 0) is 19.3 Å². The molecule has 5 nitrogen and oxygen atoms in total. The standard InChI is InChI=1S/C12H26N4O/c1-2-3-9-17-10-8-14-12(16-13)15-11-6-4-5-7-11/h11H,2-10,13H2,1H3,(H2,14,15,16). The Balaban J connectivity index is 2.10. The van der Waals surface area contributed by atoms with Crippen molar-refractivity contribution in [1.29, 1.82) is 0 Å².